The van der Waals surface area contributed by atoms with Gasteiger partial charge < -0.3 is 0 Å². The molecule has 0 nitrogen and oxygen atoms in total. The van der Waals surface area contributed by atoms with Crippen molar-refractivity contribution in [2.45, 2.75) is 229 Å². The molecule has 0 amide bonds. The van der Waals surface area contributed by atoms with Crippen LogP contribution in [0.5, 0.6) is 0 Å². The monoisotopic (exact) mass is 923 g/mol. The van der Waals surface area contributed by atoms with E-state index >= 15 is 0 Å². The Bertz CT molecular complexity index is 2110. The van der Waals surface area contributed by atoms with Crippen LogP contribution in [0.2, 0.25) is 8.26 Å². The molecule has 0 aliphatic heterocycles. The van der Waals surface area contributed by atoms with Gasteiger partial charge in [-0.3, -0.25) is 0 Å². The van der Waals surface area contributed by atoms with Gasteiger partial charge >= 0.3 is 395 Å². The Balaban J connectivity index is 1.55. The molecule has 0 radical (unpaired) electrons. The molecule has 0 heterocycles. The van der Waals surface area contributed by atoms with Crippen molar-refractivity contribution in [3.8, 4) is 22.3 Å². The van der Waals surface area contributed by atoms with Gasteiger partial charge in [0.25, 0.3) is 0 Å². The first-order valence-corrected chi connectivity index (χ1v) is 32.3. The molecule has 0 N–H and O–H groups in total. The summed E-state index contributed by atoms with van der Waals surface area (Å²) in [5.41, 5.74) is 20.2. The van der Waals surface area contributed by atoms with Crippen LogP contribution in [-0.2, 0) is 41.9 Å². The minimum atomic E-state index is -3.87. The Morgan fingerprint density at radius 2 is 0.778 bits per heavy atom. The number of fused-ring (bicyclic) bond motifs is 6. The van der Waals surface area contributed by atoms with Crippen molar-refractivity contribution in [2.75, 3.05) is 0 Å². The zero-order valence-corrected chi connectivity index (χ0v) is 45.4. The normalized spacial score (nSPS) is 19.8. The average molecular weight is 925 g/mol. The number of benzene rings is 4. The van der Waals surface area contributed by atoms with Gasteiger partial charge in [0, 0.05) is 0 Å². The van der Waals surface area contributed by atoms with Crippen LogP contribution in [0.25, 0.3) is 22.3 Å². The van der Waals surface area contributed by atoms with Crippen molar-refractivity contribution in [2.24, 2.45) is 11.8 Å². The molecule has 2 unspecified atom stereocenters. The Labute approximate surface area is 392 Å². The van der Waals surface area contributed by atoms with E-state index in [2.05, 4.69) is 158 Å². The molecule has 0 bridgehead atoms. The molecule has 0 spiro atoms. The molecular formula is C62H88Zr. The van der Waals surface area contributed by atoms with Gasteiger partial charge in [0.1, 0.15) is 0 Å². The molecule has 2 atom stereocenters. The second-order valence-corrected chi connectivity index (χ2v) is 35.8. The van der Waals surface area contributed by atoms with Crippen molar-refractivity contribution in [1.82, 2.24) is 0 Å². The molecule has 0 saturated heterocycles. The number of rotatable bonds is 10. The Kier molecular flexibility index (Phi) is 13.3. The van der Waals surface area contributed by atoms with Crippen LogP contribution in [0.1, 0.15) is 243 Å². The van der Waals surface area contributed by atoms with E-state index in [1.165, 1.54) is 109 Å². The summed E-state index contributed by atoms with van der Waals surface area (Å²) in [5.74, 6) is 2.40. The van der Waals surface area contributed by atoms with Crippen LogP contribution in [0.4, 0.5) is 0 Å². The standard InChI is InChI=1S/2C27H35.2C4H9.Zr/c2*1-26(2,3)19-12-14-21-22-15-13-20(27(4,5)6)17-24(22)25(23(21)16-19)18-10-8-7-9-11-18;2*1-3-4-2;/h2*12-16,18,25H,7-11H2,1-6H3;2*1,3-4H2,2H3;. The van der Waals surface area contributed by atoms with E-state index < -0.39 is 20.3 Å². The Hall–Kier alpha value is -2.24. The van der Waals surface area contributed by atoms with Crippen LogP contribution >= 0.6 is 0 Å². The molecule has 4 aliphatic rings. The van der Waals surface area contributed by atoms with Gasteiger partial charge in [-0.1, -0.05) is 0 Å². The van der Waals surface area contributed by atoms with E-state index in [0.29, 0.717) is 23.7 Å². The fourth-order valence-electron chi connectivity index (χ4n) is 13.6. The third kappa shape index (κ3) is 8.66. The quantitative estimate of drug-likeness (QED) is 0.149. The molecule has 340 valence electrons. The van der Waals surface area contributed by atoms with Crippen molar-refractivity contribution < 1.29 is 20.3 Å². The second kappa shape index (κ2) is 17.8. The van der Waals surface area contributed by atoms with Crippen LogP contribution < -0.4 is 6.54 Å². The third-order valence-electron chi connectivity index (χ3n) is 16.9. The summed E-state index contributed by atoms with van der Waals surface area (Å²) < 4.78 is 6.80. The van der Waals surface area contributed by atoms with E-state index in [-0.39, 0.29) is 21.7 Å². The molecule has 63 heavy (non-hydrogen) atoms. The zero-order valence-electron chi connectivity index (χ0n) is 42.9. The van der Waals surface area contributed by atoms with Crippen LogP contribution in [0, 0.1) is 11.8 Å². The maximum absolute atomic E-state index is 3.87. The molecule has 8 rings (SSSR count). The van der Waals surface area contributed by atoms with E-state index in [1.807, 2.05) is 17.7 Å². The summed E-state index contributed by atoms with van der Waals surface area (Å²) >= 11 is -3.87. The van der Waals surface area contributed by atoms with Crippen LogP contribution in [0.3, 0.4) is 0 Å². The fourth-order valence-corrected chi connectivity index (χ4v) is 30.8. The Morgan fingerprint density at radius 1 is 0.429 bits per heavy atom. The summed E-state index contributed by atoms with van der Waals surface area (Å²) in [7, 11) is 0. The van der Waals surface area contributed by atoms with Gasteiger partial charge in [-0.2, -0.15) is 0 Å². The summed E-state index contributed by atoms with van der Waals surface area (Å²) in [6, 6.07) is 26.4. The van der Waals surface area contributed by atoms with Gasteiger partial charge in [-0.05, 0) is 0 Å². The predicted octanol–water partition coefficient (Wildman–Crippen LogP) is 17.8. The SMILES string of the molecule is CCC[CH2][Zr]([CH2]CCC)([c]1c(C(C)(C)C)ccc2c1C(C1CCCCC1)c1cc(C(C)(C)C)ccc1-2)[c]1c(C(C)(C)C)ccc2c1C(C1CCCCC1)c1cc(C(C)(C)C)ccc1-2. The number of unbranched alkanes of at least 4 members (excludes halogenated alkanes) is 2. The predicted molar refractivity (Wildman–Crippen MR) is 274 cm³/mol. The molecule has 0 aromatic heterocycles. The van der Waals surface area contributed by atoms with Crippen LogP contribution in [0.15, 0.2) is 60.7 Å². The van der Waals surface area contributed by atoms with Gasteiger partial charge in [-0.25, -0.2) is 0 Å². The Morgan fingerprint density at radius 3 is 1.10 bits per heavy atom. The molecular weight excluding hydrogens is 836 g/mol. The summed E-state index contributed by atoms with van der Waals surface area (Å²) in [5, 5.41) is 0. The molecule has 4 aliphatic carbocycles. The van der Waals surface area contributed by atoms with Crippen molar-refractivity contribution in [3.05, 3.63) is 105 Å². The van der Waals surface area contributed by atoms with Crippen molar-refractivity contribution >= 4 is 6.54 Å². The van der Waals surface area contributed by atoms with Gasteiger partial charge in [0.05, 0.1) is 0 Å². The van der Waals surface area contributed by atoms with E-state index in [1.54, 1.807) is 44.5 Å². The number of hydrogen-bond acceptors (Lipinski definition) is 0. The summed E-state index contributed by atoms with van der Waals surface area (Å²) in [6.07, 6.45) is 19.1. The van der Waals surface area contributed by atoms with E-state index in [0.717, 1.165) is 0 Å². The van der Waals surface area contributed by atoms with Crippen LogP contribution in [-0.4, -0.2) is 0 Å². The summed E-state index contributed by atoms with van der Waals surface area (Å²) in [6.45, 7) is 35.1. The zero-order chi connectivity index (χ0) is 45.3. The van der Waals surface area contributed by atoms with Gasteiger partial charge in [-0.15, -0.1) is 0 Å². The second-order valence-electron chi connectivity index (χ2n) is 25.5. The fraction of sp³-hybridized carbons (Fsp3) is 0.613. The first-order chi connectivity index (χ1) is 29.7. The van der Waals surface area contributed by atoms with Gasteiger partial charge in [0.15, 0.2) is 0 Å². The third-order valence-corrected chi connectivity index (χ3v) is 30.2. The molecule has 4 aromatic rings. The van der Waals surface area contributed by atoms with E-state index in [4.69, 9.17) is 0 Å². The minimum absolute atomic E-state index is 0.0423. The first kappa shape index (κ1) is 47.3. The van der Waals surface area contributed by atoms with Crippen molar-refractivity contribution in [1.29, 1.82) is 0 Å². The number of hydrogen-bond donors (Lipinski definition) is 0. The first-order valence-electron chi connectivity index (χ1n) is 26.4. The summed E-state index contributed by atoms with van der Waals surface area (Å²) in [4.78, 5) is 0. The maximum atomic E-state index is 2.73. The van der Waals surface area contributed by atoms with Crippen molar-refractivity contribution in [3.63, 3.8) is 0 Å². The van der Waals surface area contributed by atoms with E-state index in [9.17, 15) is 0 Å². The molecule has 1 heteroatoms. The molecule has 4 aromatic carbocycles. The average Bonchev–Trinajstić information content (AvgIpc) is 3.75. The topological polar surface area (TPSA) is 0 Å². The van der Waals surface area contributed by atoms with Gasteiger partial charge in [0.2, 0.25) is 0 Å². The molecule has 2 saturated carbocycles. The molecule has 2 fully saturated rings.